The molecule has 0 aromatic carbocycles. The maximum atomic E-state index is 4.76. The fourth-order valence-corrected chi connectivity index (χ4v) is 0. The van der Waals surface area contributed by atoms with Crippen LogP contribution in [0.15, 0.2) is 0 Å². The lowest BCUT2D eigenvalue weighted by atomic mass is 10.3. The van der Waals surface area contributed by atoms with Crippen LogP contribution in [-0.2, 0) is 0 Å². The second kappa shape index (κ2) is 9.77. The Labute approximate surface area is 55.8 Å². The Bertz CT molecular complexity index is 17.3. The van der Waals surface area contributed by atoms with E-state index in [1.807, 2.05) is 0 Å². The zero-order valence-electron chi connectivity index (χ0n) is 5.04. The summed E-state index contributed by atoms with van der Waals surface area (Å²) in [6.07, 6.45) is 0. The van der Waals surface area contributed by atoms with Gasteiger partial charge in [0.15, 0.2) is 0 Å². The molecule has 0 saturated carbocycles. The first-order valence-corrected chi connectivity index (χ1v) is 3.34. The van der Waals surface area contributed by atoms with Gasteiger partial charge >= 0.3 is 0 Å². The van der Waals surface area contributed by atoms with Crippen LogP contribution in [0.1, 0.15) is 20.8 Å². The molecular weight excluding hydrogens is 131 g/mol. The molecule has 0 heterocycles. The van der Waals surface area contributed by atoms with Crippen molar-refractivity contribution in [2.24, 2.45) is 5.92 Å². The van der Waals surface area contributed by atoms with Gasteiger partial charge in [-0.1, -0.05) is 20.8 Å². The van der Waals surface area contributed by atoms with E-state index < -0.39 is 0 Å². The van der Waals surface area contributed by atoms with Gasteiger partial charge in [0.05, 0.1) is 5.34 Å². The average Bonchev–Trinajstić information content (AvgIpc) is 1.33. The summed E-state index contributed by atoms with van der Waals surface area (Å²) in [5.41, 5.74) is 0. The molecule has 0 bridgehead atoms. The van der Waals surface area contributed by atoms with Gasteiger partial charge < -0.3 is 0 Å². The molecular formula is C5H12Cl2. The largest absolute Gasteiger partial charge is 0.109 e. The number of hydrogen-bond acceptors (Lipinski definition) is 0. The monoisotopic (exact) mass is 142 g/mol. The van der Waals surface area contributed by atoms with Crippen molar-refractivity contribution in [1.29, 1.82) is 0 Å². The molecule has 0 aromatic rings. The maximum absolute atomic E-state index is 4.76. The summed E-state index contributed by atoms with van der Waals surface area (Å²) in [7, 11) is 0. The van der Waals surface area contributed by atoms with Gasteiger partial charge in [0.1, 0.15) is 0 Å². The summed E-state index contributed by atoms with van der Waals surface area (Å²) in [6, 6.07) is 0. The summed E-state index contributed by atoms with van der Waals surface area (Å²) >= 11 is 9.53. The molecule has 0 rings (SSSR count). The first kappa shape index (κ1) is 10.5. The van der Waals surface area contributed by atoms with Gasteiger partial charge in [0.2, 0.25) is 0 Å². The zero-order chi connectivity index (χ0) is 6.28. The lowest BCUT2D eigenvalue weighted by Gasteiger charge is -1.79. The van der Waals surface area contributed by atoms with Crippen molar-refractivity contribution >= 4 is 23.2 Å². The summed E-state index contributed by atoms with van der Waals surface area (Å²) in [5.74, 6) is 0.833. The van der Waals surface area contributed by atoms with E-state index in [9.17, 15) is 0 Å². The molecule has 0 radical (unpaired) electrons. The Kier molecular flexibility index (Phi) is 14.7. The molecule has 0 fully saturated rings. The summed E-state index contributed by atoms with van der Waals surface area (Å²) < 4.78 is 0. The van der Waals surface area contributed by atoms with Gasteiger partial charge in [-0.2, -0.15) is 0 Å². The molecule has 0 atom stereocenters. The molecule has 0 N–H and O–H groups in total. The number of halogens is 2. The first-order chi connectivity index (χ1) is 3.15. The number of alkyl halides is 2. The van der Waals surface area contributed by atoms with E-state index >= 15 is 0 Å². The molecule has 0 spiro atoms. The van der Waals surface area contributed by atoms with Crippen molar-refractivity contribution in [2.75, 3.05) is 5.34 Å². The highest BCUT2D eigenvalue weighted by molar-refractivity contribution is 6.40. The topological polar surface area (TPSA) is 0 Å². The van der Waals surface area contributed by atoms with E-state index in [2.05, 4.69) is 20.8 Å². The third-order valence-corrected chi connectivity index (χ3v) is 0. The lowest BCUT2D eigenvalue weighted by Crippen LogP contribution is -1.66. The Morgan fingerprint density at radius 3 is 1.14 bits per heavy atom. The third-order valence-electron chi connectivity index (χ3n) is 0. The molecule has 0 amide bonds. The van der Waals surface area contributed by atoms with Crippen LogP contribution in [0.3, 0.4) is 0 Å². The molecule has 0 aliphatic heterocycles. The van der Waals surface area contributed by atoms with Crippen molar-refractivity contribution in [2.45, 2.75) is 20.8 Å². The minimum Gasteiger partial charge on any atom is -0.109 e. The van der Waals surface area contributed by atoms with Gasteiger partial charge in [-0.05, 0) is 5.92 Å². The van der Waals surface area contributed by atoms with Crippen LogP contribution in [0.5, 0.6) is 0 Å². The molecule has 46 valence electrons. The highest BCUT2D eigenvalue weighted by Crippen LogP contribution is 1.81. The normalized spacial score (nSPS) is 7.71. The molecule has 0 aliphatic carbocycles. The maximum Gasteiger partial charge on any atom is 0.0967 e. The Morgan fingerprint density at radius 2 is 1.14 bits per heavy atom. The Balaban J connectivity index is 0. The highest BCUT2D eigenvalue weighted by Gasteiger charge is 1.68. The highest BCUT2D eigenvalue weighted by atomic mass is 35.5. The molecule has 0 unspecified atom stereocenters. The van der Waals surface area contributed by atoms with Crippen molar-refractivity contribution < 1.29 is 0 Å². The van der Waals surface area contributed by atoms with Crippen LogP contribution in [0.4, 0.5) is 0 Å². The average molecular weight is 143 g/mol. The number of hydrogen-bond donors (Lipinski definition) is 0. The fraction of sp³-hybridized carbons (Fsp3) is 1.00. The first-order valence-electron chi connectivity index (χ1n) is 2.27. The van der Waals surface area contributed by atoms with E-state index in [0.29, 0.717) is 0 Å². The smallest absolute Gasteiger partial charge is 0.0967 e. The molecule has 0 aromatic heterocycles. The predicted molar refractivity (Wildman–Crippen MR) is 37.1 cm³/mol. The molecule has 0 saturated heterocycles. The van der Waals surface area contributed by atoms with Crippen LogP contribution < -0.4 is 0 Å². The van der Waals surface area contributed by atoms with Crippen molar-refractivity contribution in [1.82, 2.24) is 0 Å². The number of rotatable bonds is 0. The van der Waals surface area contributed by atoms with Gasteiger partial charge in [-0.3, -0.25) is 0 Å². The van der Waals surface area contributed by atoms with Crippen molar-refractivity contribution in [3.63, 3.8) is 0 Å². The summed E-state index contributed by atoms with van der Waals surface area (Å²) in [6.45, 7) is 6.50. The predicted octanol–water partition coefficient (Wildman–Crippen LogP) is 3.08. The van der Waals surface area contributed by atoms with E-state index in [4.69, 9.17) is 23.2 Å². The Morgan fingerprint density at radius 1 is 1.14 bits per heavy atom. The summed E-state index contributed by atoms with van der Waals surface area (Å²) in [5, 5.41) is 0.194. The van der Waals surface area contributed by atoms with E-state index in [-0.39, 0.29) is 5.34 Å². The molecule has 7 heavy (non-hydrogen) atoms. The zero-order valence-corrected chi connectivity index (χ0v) is 6.55. The summed E-state index contributed by atoms with van der Waals surface area (Å²) in [4.78, 5) is 0. The van der Waals surface area contributed by atoms with E-state index in [0.717, 1.165) is 5.92 Å². The van der Waals surface area contributed by atoms with E-state index in [1.165, 1.54) is 0 Å². The van der Waals surface area contributed by atoms with Crippen LogP contribution >= 0.6 is 23.2 Å². The minimum atomic E-state index is 0.194. The van der Waals surface area contributed by atoms with Crippen LogP contribution in [0, 0.1) is 5.92 Å². The van der Waals surface area contributed by atoms with Gasteiger partial charge in [0, 0.05) is 0 Å². The van der Waals surface area contributed by atoms with Gasteiger partial charge in [0.25, 0.3) is 0 Å². The standard InChI is InChI=1S/C4H10.CH2Cl2/c1-4(2)3;2-1-3/h4H,1-3H3;1H2. The third kappa shape index (κ3) is 410. The van der Waals surface area contributed by atoms with Crippen LogP contribution in [0.25, 0.3) is 0 Å². The van der Waals surface area contributed by atoms with Crippen molar-refractivity contribution in [3.05, 3.63) is 0 Å². The molecule has 0 nitrogen and oxygen atoms in total. The SMILES string of the molecule is CC(C)C.ClCCl. The quantitative estimate of drug-likeness (QED) is 0.457. The fourth-order valence-electron chi connectivity index (χ4n) is 0. The second-order valence-electron chi connectivity index (χ2n) is 1.83. The lowest BCUT2D eigenvalue weighted by molar-refractivity contribution is 0.737. The Hall–Kier alpha value is 0.580. The van der Waals surface area contributed by atoms with E-state index in [1.54, 1.807) is 0 Å². The van der Waals surface area contributed by atoms with Gasteiger partial charge in [-0.25, -0.2) is 0 Å². The minimum absolute atomic E-state index is 0.194. The van der Waals surface area contributed by atoms with Gasteiger partial charge in [-0.15, -0.1) is 23.2 Å². The second-order valence-corrected chi connectivity index (χ2v) is 2.64. The molecule has 0 aliphatic rings. The molecule has 2 heteroatoms. The van der Waals surface area contributed by atoms with Crippen LogP contribution in [-0.4, -0.2) is 5.34 Å². The van der Waals surface area contributed by atoms with Crippen molar-refractivity contribution in [3.8, 4) is 0 Å². The van der Waals surface area contributed by atoms with Crippen LogP contribution in [0.2, 0.25) is 0 Å².